The molecule has 1 aromatic rings. The summed E-state index contributed by atoms with van der Waals surface area (Å²) in [5.41, 5.74) is 2.47. The van der Waals surface area contributed by atoms with Crippen molar-refractivity contribution >= 4 is 11.7 Å². The Morgan fingerprint density at radius 1 is 1.44 bits per heavy atom. The van der Waals surface area contributed by atoms with Crippen LogP contribution in [0.4, 0.5) is 5.69 Å². The van der Waals surface area contributed by atoms with Gasteiger partial charge in [-0.05, 0) is 37.1 Å². The highest BCUT2D eigenvalue weighted by Gasteiger charge is 2.08. The van der Waals surface area contributed by atoms with Crippen molar-refractivity contribution in [2.45, 2.75) is 26.7 Å². The third-order valence-corrected chi connectivity index (χ3v) is 2.70. The molecule has 0 aliphatic heterocycles. The van der Waals surface area contributed by atoms with Crippen molar-refractivity contribution in [1.29, 1.82) is 0 Å². The molecule has 0 atom stereocenters. The van der Waals surface area contributed by atoms with Crippen LogP contribution < -0.4 is 4.90 Å². The van der Waals surface area contributed by atoms with Gasteiger partial charge in [-0.25, -0.2) is 4.79 Å². The first-order valence-corrected chi connectivity index (χ1v) is 5.61. The van der Waals surface area contributed by atoms with Gasteiger partial charge in [0.15, 0.2) is 0 Å². The van der Waals surface area contributed by atoms with Gasteiger partial charge in [0.05, 0.1) is 5.56 Å². The largest absolute Gasteiger partial charge is 0.478 e. The molecule has 1 rings (SSSR count). The van der Waals surface area contributed by atoms with E-state index in [2.05, 4.69) is 11.8 Å². The highest BCUT2D eigenvalue weighted by Crippen LogP contribution is 2.20. The van der Waals surface area contributed by atoms with Crippen LogP contribution in [0, 0.1) is 6.92 Å². The standard InChI is InChI=1S/C13H19NO2/c1-4-5-8-14(3)12-7-6-11(13(15)16)9-10(12)2/h6-7,9H,4-5,8H2,1-3H3,(H,15,16). The van der Waals surface area contributed by atoms with Gasteiger partial charge in [0, 0.05) is 19.3 Å². The Balaban J connectivity index is 2.85. The van der Waals surface area contributed by atoms with E-state index in [1.165, 1.54) is 0 Å². The van der Waals surface area contributed by atoms with Crippen LogP contribution in [-0.2, 0) is 0 Å². The predicted molar refractivity (Wildman–Crippen MR) is 66.3 cm³/mol. The zero-order chi connectivity index (χ0) is 12.1. The van der Waals surface area contributed by atoms with Crippen molar-refractivity contribution in [2.24, 2.45) is 0 Å². The maximum absolute atomic E-state index is 10.8. The number of hydrogen-bond donors (Lipinski definition) is 1. The van der Waals surface area contributed by atoms with Crippen molar-refractivity contribution in [3.63, 3.8) is 0 Å². The van der Waals surface area contributed by atoms with Gasteiger partial charge in [0.25, 0.3) is 0 Å². The minimum Gasteiger partial charge on any atom is -0.478 e. The number of unbranched alkanes of at least 4 members (excludes halogenated alkanes) is 1. The van der Waals surface area contributed by atoms with Crippen molar-refractivity contribution < 1.29 is 9.90 Å². The fourth-order valence-electron chi connectivity index (χ4n) is 1.73. The Kier molecular flexibility index (Phi) is 4.35. The molecular weight excluding hydrogens is 202 g/mol. The molecule has 0 aliphatic rings. The highest BCUT2D eigenvalue weighted by atomic mass is 16.4. The summed E-state index contributed by atoms with van der Waals surface area (Å²) >= 11 is 0. The second-order valence-corrected chi connectivity index (χ2v) is 4.08. The third kappa shape index (κ3) is 2.99. The molecule has 0 fully saturated rings. The summed E-state index contributed by atoms with van der Waals surface area (Å²) < 4.78 is 0. The van der Waals surface area contributed by atoms with Crippen LogP contribution in [0.5, 0.6) is 0 Å². The Morgan fingerprint density at radius 3 is 2.62 bits per heavy atom. The first-order valence-electron chi connectivity index (χ1n) is 5.61. The molecule has 0 bridgehead atoms. The van der Waals surface area contributed by atoms with Gasteiger partial charge >= 0.3 is 5.97 Å². The zero-order valence-corrected chi connectivity index (χ0v) is 10.2. The van der Waals surface area contributed by atoms with Crippen LogP contribution in [0.15, 0.2) is 18.2 Å². The van der Waals surface area contributed by atoms with Gasteiger partial charge < -0.3 is 10.0 Å². The van der Waals surface area contributed by atoms with Crippen LogP contribution >= 0.6 is 0 Å². The molecule has 16 heavy (non-hydrogen) atoms. The average Bonchev–Trinajstić information content (AvgIpc) is 2.25. The van der Waals surface area contributed by atoms with E-state index in [4.69, 9.17) is 5.11 Å². The molecule has 1 aromatic carbocycles. The molecule has 0 radical (unpaired) electrons. The lowest BCUT2D eigenvalue weighted by Gasteiger charge is -2.21. The van der Waals surface area contributed by atoms with E-state index in [0.717, 1.165) is 30.6 Å². The molecule has 0 aliphatic carbocycles. The lowest BCUT2D eigenvalue weighted by Crippen LogP contribution is -2.19. The number of carbonyl (C=O) groups is 1. The van der Waals surface area contributed by atoms with Crippen LogP contribution in [-0.4, -0.2) is 24.7 Å². The Labute approximate surface area is 96.7 Å². The molecule has 3 heteroatoms. The summed E-state index contributed by atoms with van der Waals surface area (Å²) in [6, 6.07) is 5.27. The van der Waals surface area contributed by atoms with E-state index in [1.54, 1.807) is 12.1 Å². The van der Waals surface area contributed by atoms with Gasteiger partial charge in [0.1, 0.15) is 0 Å². The SMILES string of the molecule is CCCCN(C)c1ccc(C(=O)O)cc1C. The van der Waals surface area contributed by atoms with E-state index in [9.17, 15) is 4.79 Å². The van der Waals surface area contributed by atoms with E-state index in [0.29, 0.717) is 5.56 Å². The number of benzene rings is 1. The summed E-state index contributed by atoms with van der Waals surface area (Å²) in [5, 5.41) is 8.87. The molecule has 3 nitrogen and oxygen atoms in total. The first kappa shape index (κ1) is 12.6. The summed E-state index contributed by atoms with van der Waals surface area (Å²) in [5.74, 6) is -0.870. The topological polar surface area (TPSA) is 40.5 Å². The predicted octanol–water partition coefficient (Wildman–Crippen LogP) is 2.93. The summed E-state index contributed by atoms with van der Waals surface area (Å²) in [6.45, 7) is 5.11. The molecular formula is C13H19NO2. The molecule has 0 saturated carbocycles. The maximum atomic E-state index is 10.8. The third-order valence-electron chi connectivity index (χ3n) is 2.70. The number of aromatic carboxylic acids is 1. The van der Waals surface area contributed by atoms with Crippen LogP contribution in [0.3, 0.4) is 0 Å². The number of hydrogen-bond acceptors (Lipinski definition) is 2. The van der Waals surface area contributed by atoms with Gasteiger partial charge in [-0.15, -0.1) is 0 Å². The number of carboxylic acid groups (broad SMARTS) is 1. The number of nitrogens with zero attached hydrogens (tertiary/aromatic N) is 1. The molecule has 0 heterocycles. The zero-order valence-electron chi connectivity index (χ0n) is 10.2. The molecule has 0 aromatic heterocycles. The number of aryl methyl sites for hydroxylation is 1. The van der Waals surface area contributed by atoms with Crippen molar-refractivity contribution in [2.75, 3.05) is 18.5 Å². The van der Waals surface area contributed by atoms with Crippen molar-refractivity contribution in [3.05, 3.63) is 29.3 Å². The maximum Gasteiger partial charge on any atom is 0.335 e. The number of rotatable bonds is 5. The lowest BCUT2D eigenvalue weighted by molar-refractivity contribution is 0.0697. The molecule has 0 spiro atoms. The summed E-state index contributed by atoms with van der Waals surface area (Å²) in [4.78, 5) is 13.0. The van der Waals surface area contributed by atoms with Crippen LogP contribution in [0.2, 0.25) is 0 Å². The van der Waals surface area contributed by atoms with Gasteiger partial charge in [-0.2, -0.15) is 0 Å². The Bertz CT molecular complexity index is 374. The van der Waals surface area contributed by atoms with E-state index in [-0.39, 0.29) is 0 Å². The van der Waals surface area contributed by atoms with Gasteiger partial charge in [0.2, 0.25) is 0 Å². The van der Waals surface area contributed by atoms with Gasteiger partial charge in [-0.3, -0.25) is 0 Å². The normalized spacial score (nSPS) is 10.2. The summed E-state index contributed by atoms with van der Waals surface area (Å²) in [6.07, 6.45) is 2.31. The highest BCUT2D eigenvalue weighted by molar-refractivity contribution is 5.88. The molecule has 0 amide bonds. The minimum absolute atomic E-state index is 0.352. The Morgan fingerprint density at radius 2 is 2.12 bits per heavy atom. The van der Waals surface area contributed by atoms with E-state index < -0.39 is 5.97 Å². The minimum atomic E-state index is -0.870. The van der Waals surface area contributed by atoms with E-state index >= 15 is 0 Å². The second-order valence-electron chi connectivity index (χ2n) is 4.08. The first-order chi connectivity index (χ1) is 7.56. The number of anilines is 1. The summed E-state index contributed by atoms with van der Waals surface area (Å²) in [7, 11) is 2.04. The monoisotopic (exact) mass is 221 g/mol. The average molecular weight is 221 g/mol. The van der Waals surface area contributed by atoms with Crippen molar-refractivity contribution in [1.82, 2.24) is 0 Å². The fourth-order valence-corrected chi connectivity index (χ4v) is 1.73. The van der Waals surface area contributed by atoms with Crippen LogP contribution in [0.25, 0.3) is 0 Å². The van der Waals surface area contributed by atoms with Gasteiger partial charge in [-0.1, -0.05) is 13.3 Å². The fraction of sp³-hybridized carbons (Fsp3) is 0.462. The molecule has 88 valence electrons. The van der Waals surface area contributed by atoms with Crippen molar-refractivity contribution in [3.8, 4) is 0 Å². The van der Waals surface area contributed by atoms with E-state index in [1.807, 2.05) is 20.0 Å². The smallest absolute Gasteiger partial charge is 0.335 e. The quantitative estimate of drug-likeness (QED) is 0.831. The lowest BCUT2D eigenvalue weighted by atomic mass is 10.1. The Hall–Kier alpha value is -1.51. The van der Waals surface area contributed by atoms with Crippen LogP contribution in [0.1, 0.15) is 35.7 Å². The molecule has 1 N–H and O–H groups in total. The molecule has 0 unspecified atom stereocenters. The molecule has 0 saturated heterocycles. The second kappa shape index (κ2) is 5.54. The number of carboxylic acids is 1.